The zero-order valence-electron chi connectivity index (χ0n) is 16.8. The molecule has 1 aliphatic rings. The van der Waals surface area contributed by atoms with Crippen LogP contribution in [0.2, 0.25) is 0 Å². The Morgan fingerprint density at radius 1 is 1.27 bits per heavy atom. The first-order valence-corrected chi connectivity index (χ1v) is 9.04. The number of nitrogens with two attached hydrogens (primary N) is 1. The molecule has 2 atom stereocenters. The van der Waals surface area contributed by atoms with E-state index in [1.54, 1.807) is 0 Å². The van der Waals surface area contributed by atoms with Gasteiger partial charge in [-0.25, -0.2) is 0 Å². The predicted octanol–water partition coefficient (Wildman–Crippen LogP) is 4.49. The van der Waals surface area contributed by atoms with Crippen LogP contribution in [0.15, 0.2) is 18.2 Å². The monoisotopic (exact) mass is 403 g/mol. The molecule has 1 aliphatic heterocycles. The van der Waals surface area contributed by atoms with Gasteiger partial charge in [-0.15, -0.1) is 24.8 Å². The van der Waals surface area contributed by atoms with Gasteiger partial charge in [0, 0.05) is 36.4 Å². The van der Waals surface area contributed by atoms with E-state index in [2.05, 4.69) is 46.0 Å². The Hall–Kier alpha value is -0.970. The van der Waals surface area contributed by atoms with Gasteiger partial charge in [0.15, 0.2) is 0 Å². The molecule has 1 aromatic rings. The summed E-state index contributed by atoms with van der Waals surface area (Å²) in [7, 11) is 0. The Labute approximate surface area is 171 Å². The zero-order valence-corrected chi connectivity index (χ0v) is 18.5. The highest BCUT2D eigenvalue weighted by atomic mass is 35.5. The maximum absolute atomic E-state index is 13.0. The largest absolute Gasteiger partial charge is 0.382 e. The molecule has 0 aromatic heterocycles. The van der Waals surface area contributed by atoms with E-state index in [-0.39, 0.29) is 42.2 Å². The number of benzene rings is 1. The van der Waals surface area contributed by atoms with Crippen molar-refractivity contribution >= 4 is 36.4 Å². The number of rotatable bonds is 4. The fourth-order valence-electron chi connectivity index (χ4n) is 3.15. The van der Waals surface area contributed by atoms with Gasteiger partial charge in [0.2, 0.25) is 0 Å². The lowest BCUT2D eigenvalue weighted by molar-refractivity contribution is 0.0532. The van der Waals surface area contributed by atoms with E-state index >= 15 is 0 Å². The molecule has 0 spiro atoms. The molecule has 1 saturated heterocycles. The highest BCUT2D eigenvalue weighted by molar-refractivity contribution is 5.97. The molecule has 3 N–H and O–H groups in total. The maximum Gasteiger partial charge on any atom is 0.254 e. The normalized spacial score (nSPS) is 20.0. The van der Waals surface area contributed by atoms with Crippen LogP contribution in [-0.2, 0) is 0 Å². The van der Waals surface area contributed by atoms with Crippen LogP contribution in [0.5, 0.6) is 0 Å². The minimum absolute atomic E-state index is 0. The zero-order chi connectivity index (χ0) is 18.1. The molecule has 1 fully saturated rings. The van der Waals surface area contributed by atoms with Gasteiger partial charge in [-0.3, -0.25) is 4.79 Å². The van der Waals surface area contributed by atoms with Crippen molar-refractivity contribution in [2.75, 3.05) is 18.4 Å². The molecule has 1 amide bonds. The predicted molar refractivity (Wildman–Crippen MR) is 116 cm³/mol. The molecule has 2 rings (SSSR count). The molecule has 0 saturated carbocycles. The number of piperidine rings is 1. The van der Waals surface area contributed by atoms with Crippen LogP contribution in [0, 0.1) is 18.3 Å². The number of carbonyl (C=O) groups is 1. The van der Waals surface area contributed by atoms with Crippen LogP contribution in [0.4, 0.5) is 5.69 Å². The smallest absolute Gasteiger partial charge is 0.254 e. The number of nitrogens with one attached hydrogen (secondary N) is 1. The second-order valence-corrected chi connectivity index (χ2v) is 8.27. The Morgan fingerprint density at radius 3 is 2.42 bits per heavy atom. The average Bonchev–Trinajstić information content (AvgIpc) is 2.51. The number of likely N-dealkylation sites (tertiary alicyclic amines) is 1. The number of hydrogen-bond acceptors (Lipinski definition) is 3. The number of carbonyl (C=O) groups excluding carboxylic acids is 1. The topological polar surface area (TPSA) is 58.4 Å². The SMILES string of the molecule is Cc1c(NC(C)C(C)C)cccc1C(=O)N1CCC(N)C(C)(C)C1.Cl.Cl. The fraction of sp³-hybridized carbons (Fsp3) is 0.650. The van der Waals surface area contributed by atoms with Crippen LogP contribution in [0.1, 0.15) is 57.0 Å². The summed E-state index contributed by atoms with van der Waals surface area (Å²) in [6.45, 7) is 14.3. The van der Waals surface area contributed by atoms with E-state index in [4.69, 9.17) is 5.73 Å². The molecule has 0 bridgehead atoms. The fourth-order valence-corrected chi connectivity index (χ4v) is 3.15. The van der Waals surface area contributed by atoms with Gasteiger partial charge in [-0.2, -0.15) is 0 Å². The Morgan fingerprint density at radius 2 is 1.88 bits per heavy atom. The lowest BCUT2D eigenvalue weighted by atomic mass is 9.79. The van der Waals surface area contributed by atoms with E-state index < -0.39 is 0 Å². The first-order chi connectivity index (χ1) is 11.1. The lowest BCUT2D eigenvalue weighted by Crippen LogP contribution is -2.54. The lowest BCUT2D eigenvalue weighted by Gasteiger charge is -2.42. The summed E-state index contributed by atoms with van der Waals surface area (Å²) in [6.07, 6.45) is 0.861. The molecule has 0 aliphatic carbocycles. The summed E-state index contributed by atoms with van der Waals surface area (Å²) in [6, 6.07) is 6.48. The first kappa shape index (κ1) is 25.0. The summed E-state index contributed by atoms with van der Waals surface area (Å²) in [5, 5.41) is 3.54. The molecular formula is C20H35Cl2N3O. The minimum atomic E-state index is -0.0379. The van der Waals surface area contributed by atoms with Gasteiger partial charge in [0.05, 0.1) is 0 Å². The molecule has 150 valence electrons. The third-order valence-corrected chi connectivity index (χ3v) is 5.55. The molecule has 4 nitrogen and oxygen atoms in total. The second kappa shape index (κ2) is 9.82. The molecule has 0 radical (unpaired) electrons. The first-order valence-electron chi connectivity index (χ1n) is 9.04. The summed E-state index contributed by atoms with van der Waals surface area (Å²) in [4.78, 5) is 15.0. The van der Waals surface area contributed by atoms with Crippen molar-refractivity contribution in [2.24, 2.45) is 17.1 Å². The van der Waals surface area contributed by atoms with Gasteiger partial charge in [0.1, 0.15) is 0 Å². The van der Waals surface area contributed by atoms with Crippen LogP contribution in [-0.4, -0.2) is 36.0 Å². The summed E-state index contributed by atoms with van der Waals surface area (Å²) in [5.74, 6) is 0.654. The quantitative estimate of drug-likeness (QED) is 0.777. The molecule has 2 unspecified atom stereocenters. The molecule has 1 aromatic carbocycles. The van der Waals surface area contributed by atoms with Crippen LogP contribution < -0.4 is 11.1 Å². The number of amides is 1. The van der Waals surface area contributed by atoms with E-state index in [1.165, 1.54) is 0 Å². The van der Waals surface area contributed by atoms with Crippen LogP contribution in [0.3, 0.4) is 0 Å². The van der Waals surface area contributed by atoms with Crippen LogP contribution >= 0.6 is 24.8 Å². The van der Waals surface area contributed by atoms with Crippen molar-refractivity contribution in [1.82, 2.24) is 4.90 Å². The minimum Gasteiger partial charge on any atom is -0.382 e. The standard InChI is InChI=1S/C20H33N3O.2ClH/c1-13(2)15(4)22-17-9-7-8-16(14(17)3)19(24)23-11-10-18(21)20(5,6)12-23;;/h7-9,13,15,18,22H,10-12,21H2,1-6H3;2*1H. The van der Waals surface area contributed by atoms with Crippen molar-refractivity contribution in [3.05, 3.63) is 29.3 Å². The number of anilines is 1. The molecule has 1 heterocycles. The Bertz CT molecular complexity index is 605. The van der Waals surface area contributed by atoms with E-state index in [0.717, 1.165) is 29.8 Å². The van der Waals surface area contributed by atoms with Gasteiger partial charge in [-0.1, -0.05) is 33.8 Å². The summed E-state index contributed by atoms with van der Waals surface area (Å²) in [5.41, 5.74) is 9.04. The van der Waals surface area contributed by atoms with Crippen molar-refractivity contribution < 1.29 is 4.79 Å². The average molecular weight is 404 g/mol. The third kappa shape index (κ3) is 5.51. The van der Waals surface area contributed by atoms with Crippen molar-refractivity contribution in [3.8, 4) is 0 Å². The van der Waals surface area contributed by atoms with E-state index in [0.29, 0.717) is 18.5 Å². The van der Waals surface area contributed by atoms with Crippen molar-refractivity contribution in [1.29, 1.82) is 0 Å². The number of nitrogens with zero attached hydrogens (tertiary/aromatic N) is 1. The summed E-state index contributed by atoms with van der Waals surface area (Å²) >= 11 is 0. The second-order valence-electron chi connectivity index (χ2n) is 8.27. The molecule has 26 heavy (non-hydrogen) atoms. The van der Waals surface area contributed by atoms with Crippen molar-refractivity contribution in [2.45, 2.75) is 60.0 Å². The highest BCUT2D eigenvalue weighted by Gasteiger charge is 2.35. The van der Waals surface area contributed by atoms with Gasteiger partial charge in [0.25, 0.3) is 5.91 Å². The maximum atomic E-state index is 13.0. The van der Waals surface area contributed by atoms with Crippen molar-refractivity contribution in [3.63, 3.8) is 0 Å². The van der Waals surface area contributed by atoms with Gasteiger partial charge >= 0.3 is 0 Å². The van der Waals surface area contributed by atoms with E-state index in [1.807, 2.05) is 24.0 Å². The van der Waals surface area contributed by atoms with E-state index in [9.17, 15) is 4.79 Å². The molecular weight excluding hydrogens is 369 g/mol. The summed E-state index contributed by atoms with van der Waals surface area (Å²) < 4.78 is 0. The Balaban J connectivity index is 0.00000312. The van der Waals surface area contributed by atoms with Crippen LogP contribution in [0.25, 0.3) is 0 Å². The number of halogens is 2. The third-order valence-electron chi connectivity index (χ3n) is 5.55. The number of hydrogen-bond donors (Lipinski definition) is 2. The molecule has 6 heteroatoms. The van der Waals surface area contributed by atoms with Gasteiger partial charge < -0.3 is 16.0 Å². The highest BCUT2D eigenvalue weighted by Crippen LogP contribution is 2.30. The Kier molecular flexibility index (Phi) is 9.45. The van der Waals surface area contributed by atoms with Gasteiger partial charge in [-0.05, 0) is 49.3 Å².